The Balaban J connectivity index is 2.21. The zero-order chi connectivity index (χ0) is 16.3. The second-order valence-corrected chi connectivity index (χ2v) is 8.57. The van der Waals surface area contributed by atoms with Crippen LogP contribution in [-0.2, 0) is 26.1 Å². The van der Waals surface area contributed by atoms with Crippen LogP contribution in [-0.4, -0.2) is 13.2 Å². The van der Waals surface area contributed by atoms with Gasteiger partial charge in [-0.05, 0) is 59.8 Å². The Morgan fingerprint density at radius 3 is 2.09 bits per heavy atom. The van der Waals surface area contributed by atoms with Crippen LogP contribution in [0, 0.1) is 12.8 Å². The molecule has 1 atom stereocenters. The summed E-state index contributed by atoms with van der Waals surface area (Å²) in [5, 5.41) is 0. The van der Waals surface area contributed by atoms with Gasteiger partial charge in [-0.25, -0.2) is 0 Å². The van der Waals surface area contributed by atoms with Crippen molar-refractivity contribution in [1.29, 1.82) is 0 Å². The minimum atomic E-state index is -0.581. The highest BCUT2D eigenvalue weighted by Gasteiger charge is 2.44. The Bertz CT molecular complexity index is 592. The molecular formula is C20H30O2. The third-order valence-electron chi connectivity index (χ3n) is 6.16. The van der Waals surface area contributed by atoms with E-state index >= 15 is 0 Å². The van der Waals surface area contributed by atoms with Crippen molar-refractivity contribution in [3.05, 3.63) is 34.4 Å². The van der Waals surface area contributed by atoms with Crippen LogP contribution < -0.4 is 0 Å². The number of hydrogen-bond donors (Lipinski definition) is 0. The van der Waals surface area contributed by atoms with Gasteiger partial charge in [0.05, 0.1) is 13.2 Å². The van der Waals surface area contributed by atoms with Crippen LogP contribution in [0.25, 0.3) is 0 Å². The summed E-state index contributed by atoms with van der Waals surface area (Å²) >= 11 is 0. The van der Waals surface area contributed by atoms with Gasteiger partial charge in [0.2, 0.25) is 0 Å². The molecule has 1 fully saturated rings. The molecule has 0 saturated carbocycles. The van der Waals surface area contributed by atoms with Crippen LogP contribution in [0.4, 0.5) is 0 Å². The van der Waals surface area contributed by atoms with Crippen molar-refractivity contribution in [1.82, 2.24) is 0 Å². The van der Waals surface area contributed by atoms with Crippen molar-refractivity contribution in [2.45, 2.75) is 71.5 Å². The fourth-order valence-corrected chi connectivity index (χ4v) is 4.36. The summed E-state index contributed by atoms with van der Waals surface area (Å²) in [5.41, 5.74) is 5.85. The first kappa shape index (κ1) is 16.0. The van der Waals surface area contributed by atoms with Crippen LogP contribution in [0.15, 0.2) is 12.1 Å². The molecule has 1 aromatic rings. The molecular weight excluding hydrogens is 272 g/mol. The Kier molecular flexibility index (Phi) is 3.51. The average molecular weight is 302 g/mol. The zero-order valence-electron chi connectivity index (χ0n) is 15.2. The number of ether oxygens (including phenoxy) is 2. The van der Waals surface area contributed by atoms with Crippen molar-refractivity contribution in [2.24, 2.45) is 5.92 Å². The van der Waals surface area contributed by atoms with Gasteiger partial charge < -0.3 is 9.47 Å². The first-order valence-electron chi connectivity index (χ1n) is 8.52. The van der Waals surface area contributed by atoms with E-state index < -0.39 is 5.79 Å². The van der Waals surface area contributed by atoms with Gasteiger partial charge in [-0.15, -0.1) is 0 Å². The molecule has 22 heavy (non-hydrogen) atoms. The van der Waals surface area contributed by atoms with E-state index in [1.54, 1.807) is 0 Å². The summed E-state index contributed by atoms with van der Waals surface area (Å²) in [5.74, 6) is 0.0948. The largest absolute Gasteiger partial charge is 0.344 e. The maximum absolute atomic E-state index is 5.92. The Hall–Kier alpha value is -0.860. The highest BCUT2D eigenvalue weighted by molar-refractivity contribution is 5.48. The molecule has 1 aliphatic carbocycles. The van der Waals surface area contributed by atoms with Crippen LogP contribution in [0.5, 0.6) is 0 Å². The van der Waals surface area contributed by atoms with Gasteiger partial charge in [-0.1, -0.05) is 40.7 Å². The van der Waals surface area contributed by atoms with E-state index in [0.717, 1.165) is 0 Å². The molecule has 0 radical (unpaired) electrons. The SMILES string of the molecule is Cc1cc2c(cc1C1(C)OCCO1)C(C)(C)C[C@@H](C)C2(C)C. The number of fused-ring (bicyclic) bond motifs is 1. The molecule has 0 aromatic heterocycles. The first-order valence-corrected chi connectivity index (χ1v) is 8.52. The molecule has 1 aliphatic heterocycles. The van der Waals surface area contributed by atoms with Gasteiger partial charge in [0.1, 0.15) is 0 Å². The summed E-state index contributed by atoms with van der Waals surface area (Å²) in [4.78, 5) is 0. The van der Waals surface area contributed by atoms with E-state index in [1.807, 2.05) is 0 Å². The van der Waals surface area contributed by atoms with Gasteiger partial charge in [0, 0.05) is 5.56 Å². The summed E-state index contributed by atoms with van der Waals surface area (Å²) in [6.45, 7) is 17.5. The van der Waals surface area contributed by atoms with Gasteiger partial charge >= 0.3 is 0 Å². The third kappa shape index (κ3) is 2.23. The summed E-state index contributed by atoms with van der Waals surface area (Å²) in [7, 11) is 0. The van der Waals surface area contributed by atoms with Crippen molar-refractivity contribution in [3.8, 4) is 0 Å². The van der Waals surface area contributed by atoms with Crippen molar-refractivity contribution in [3.63, 3.8) is 0 Å². The van der Waals surface area contributed by atoms with Gasteiger partial charge in [-0.2, -0.15) is 0 Å². The van der Waals surface area contributed by atoms with Gasteiger partial charge in [0.15, 0.2) is 5.79 Å². The van der Waals surface area contributed by atoms with Crippen LogP contribution in [0.2, 0.25) is 0 Å². The fraction of sp³-hybridized carbons (Fsp3) is 0.700. The molecule has 2 aliphatic rings. The topological polar surface area (TPSA) is 18.5 Å². The lowest BCUT2D eigenvalue weighted by Gasteiger charge is -2.47. The number of benzene rings is 1. The highest BCUT2D eigenvalue weighted by atomic mass is 16.7. The van der Waals surface area contributed by atoms with Crippen molar-refractivity contribution in [2.75, 3.05) is 13.2 Å². The second kappa shape index (κ2) is 4.82. The predicted octanol–water partition coefficient (Wildman–Crippen LogP) is 4.81. The quantitative estimate of drug-likeness (QED) is 0.741. The molecule has 0 unspecified atom stereocenters. The van der Waals surface area contributed by atoms with E-state index in [0.29, 0.717) is 19.1 Å². The predicted molar refractivity (Wildman–Crippen MR) is 90.3 cm³/mol. The lowest BCUT2D eigenvalue weighted by atomic mass is 9.58. The summed E-state index contributed by atoms with van der Waals surface area (Å²) < 4.78 is 11.8. The van der Waals surface area contributed by atoms with E-state index in [9.17, 15) is 0 Å². The lowest BCUT2D eigenvalue weighted by molar-refractivity contribution is -0.150. The minimum absolute atomic E-state index is 0.196. The fourth-order valence-electron chi connectivity index (χ4n) is 4.36. The maximum atomic E-state index is 5.92. The smallest absolute Gasteiger partial charge is 0.192 e. The second-order valence-electron chi connectivity index (χ2n) is 8.57. The van der Waals surface area contributed by atoms with Crippen molar-refractivity contribution >= 4 is 0 Å². The molecule has 0 N–H and O–H groups in total. The molecule has 2 heteroatoms. The third-order valence-corrected chi connectivity index (χ3v) is 6.16. The van der Waals surface area contributed by atoms with Crippen molar-refractivity contribution < 1.29 is 9.47 Å². The number of hydrogen-bond acceptors (Lipinski definition) is 2. The normalized spacial score (nSPS) is 28.4. The molecule has 2 nitrogen and oxygen atoms in total. The monoisotopic (exact) mass is 302 g/mol. The Labute approximate surface area is 135 Å². The van der Waals surface area contributed by atoms with Gasteiger partial charge in [-0.3, -0.25) is 0 Å². The molecule has 0 bridgehead atoms. The van der Waals surface area contributed by atoms with E-state index in [-0.39, 0.29) is 10.8 Å². The van der Waals surface area contributed by atoms with Crippen LogP contribution >= 0.6 is 0 Å². The van der Waals surface area contributed by atoms with Gasteiger partial charge in [0.25, 0.3) is 0 Å². The van der Waals surface area contributed by atoms with Crippen LogP contribution in [0.1, 0.15) is 70.2 Å². The Morgan fingerprint density at radius 2 is 1.50 bits per heavy atom. The average Bonchev–Trinajstić information content (AvgIpc) is 2.84. The minimum Gasteiger partial charge on any atom is -0.344 e. The highest BCUT2D eigenvalue weighted by Crippen LogP contribution is 2.50. The molecule has 1 saturated heterocycles. The van der Waals surface area contributed by atoms with Crippen LogP contribution in [0.3, 0.4) is 0 Å². The molecule has 3 rings (SSSR count). The number of rotatable bonds is 1. The molecule has 122 valence electrons. The zero-order valence-corrected chi connectivity index (χ0v) is 15.2. The standard InChI is InChI=1S/C20H30O2/c1-13-10-17-16(11-15(13)20(7)21-8-9-22-20)18(3,4)12-14(2)19(17,5)6/h10-11,14H,8-9,12H2,1-7H3/t14-/m1/s1. The maximum Gasteiger partial charge on any atom is 0.192 e. The summed E-state index contributed by atoms with van der Waals surface area (Å²) in [6, 6.07) is 4.75. The Morgan fingerprint density at radius 1 is 0.909 bits per heavy atom. The van der Waals surface area contributed by atoms with E-state index in [4.69, 9.17) is 9.47 Å². The van der Waals surface area contributed by atoms with E-state index in [2.05, 4.69) is 60.6 Å². The first-order chi connectivity index (χ1) is 10.1. The number of aryl methyl sites for hydroxylation is 1. The molecule has 0 spiro atoms. The summed E-state index contributed by atoms with van der Waals surface area (Å²) in [6.07, 6.45) is 1.22. The lowest BCUT2D eigenvalue weighted by Crippen LogP contribution is -2.41. The van der Waals surface area contributed by atoms with E-state index in [1.165, 1.54) is 28.7 Å². The molecule has 0 amide bonds. The molecule has 1 aromatic carbocycles. The molecule has 1 heterocycles.